The van der Waals surface area contributed by atoms with E-state index in [1.807, 2.05) is 69.3 Å². The van der Waals surface area contributed by atoms with Crippen LogP contribution in [0.1, 0.15) is 38.5 Å². The molecule has 4 rings (SSSR count). The molecule has 2 aromatic heterocycles. The summed E-state index contributed by atoms with van der Waals surface area (Å²) in [6.45, 7) is 5.71. The Balaban J connectivity index is 1.69. The van der Waals surface area contributed by atoms with Gasteiger partial charge in [0.2, 0.25) is 5.91 Å². The van der Waals surface area contributed by atoms with E-state index in [4.69, 9.17) is 0 Å². The Kier molecular flexibility index (Phi) is 4.18. The van der Waals surface area contributed by atoms with Crippen LogP contribution < -0.4 is 5.32 Å². The quantitative estimate of drug-likeness (QED) is 0.515. The Morgan fingerprint density at radius 2 is 1.56 bits per heavy atom. The number of carbonyl (C=O) groups excluding carboxylic acids is 1. The van der Waals surface area contributed by atoms with Gasteiger partial charge in [0.25, 0.3) is 0 Å². The maximum absolute atomic E-state index is 12.6. The minimum Gasteiger partial charge on any atom is -0.345 e. The molecule has 27 heavy (non-hydrogen) atoms. The molecule has 3 N–H and O–H groups in total. The number of imidazole rings is 2. The Labute approximate surface area is 157 Å². The number of amides is 1. The number of nitrogens with zero attached hydrogens (tertiary/aromatic N) is 2. The molecule has 1 amide bonds. The van der Waals surface area contributed by atoms with E-state index in [2.05, 4.69) is 25.3 Å². The number of fused-ring (bicyclic) bond motifs is 2. The largest absolute Gasteiger partial charge is 0.345 e. The molecule has 1 atom stereocenters. The second-order valence-electron chi connectivity index (χ2n) is 7.82. The maximum Gasteiger partial charge on any atom is 0.225 e. The molecule has 2 aromatic carbocycles. The first kappa shape index (κ1) is 17.3. The minimum absolute atomic E-state index is 0.0240. The Morgan fingerprint density at radius 1 is 0.963 bits per heavy atom. The first-order valence-corrected chi connectivity index (χ1v) is 9.09. The Morgan fingerprint density at radius 3 is 2.15 bits per heavy atom. The summed E-state index contributed by atoms with van der Waals surface area (Å²) in [5.74, 6) is 1.52. The van der Waals surface area contributed by atoms with Gasteiger partial charge >= 0.3 is 0 Å². The van der Waals surface area contributed by atoms with E-state index in [9.17, 15) is 4.79 Å². The van der Waals surface area contributed by atoms with Crippen LogP contribution in [0.4, 0.5) is 0 Å². The molecule has 0 aliphatic heterocycles. The number of hydrogen-bond acceptors (Lipinski definition) is 3. The van der Waals surface area contributed by atoms with Crippen molar-refractivity contribution in [2.24, 2.45) is 5.41 Å². The summed E-state index contributed by atoms with van der Waals surface area (Å²) in [7, 11) is 0. The molecule has 6 heteroatoms. The zero-order valence-electron chi connectivity index (χ0n) is 15.7. The molecule has 0 saturated heterocycles. The third-order valence-corrected chi connectivity index (χ3v) is 4.56. The molecule has 0 fully saturated rings. The van der Waals surface area contributed by atoms with Crippen LogP contribution in [0.2, 0.25) is 0 Å². The molecule has 6 nitrogen and oxygen atoms in total. The predicted octanol–water partition coefficient (Wildman–Crippen LogP) is 3.89. The standard InChI is InChI=1S/C21H23N5O/c1-21(2,3)20(27)26-17(19-24-15-10-6-7-11-16(15)25-19)12-18-22-13-8-4-5-9-14(13)23-18/h4-11,17H,12H2,1-3H3,(H,22,23)(H,24,25)(H,26,27). The third kappa shape index (κ3) is 3.56. The van der Waals surface area contributed by atoms with E-state index >= 15 is 0 Å². The van der Waals surface area contributed by atoms with Gasteiger partial charge in [0, 0.05) is 11.8 Å². The summed E-state index contributed by atoms with van der Waals surface area (Å²) in [6, 6.07) is 15.5. The van der Waals surface area contributed by atoms with Crippen molar-refractivity contribution in [1.82, 2.24) is 25.3 Å². The van der Waals surface area contributed by atoms with Gasteiger partial charge in [0.15, 0.2) is 0 Å². The average molecular weight is 361 g/mol. The number of aromatic nitrogens is 4. The van der Waals surface area contributed by atoms with Crippen LogP contribution in [-0.2, 0) is 11.2 Å². The molecule has 1 unspecified atom stereocenters. The van der Waals surface area contributed by atoms with Gasteiger partial charge < -0.3 is 15.3 Å². The van der Waals surface area contributed by atoms with Crippen molar-refractivity contribution in [2.75, 3.05) is 0 Å². The summed E-state index contributed by atoms with van der Waals surface area (Å²) in [4.78, 5) is 28.7. The van der Waals surface area contributed by atoms with Crippen molar-refractivity contribution in [2.45, 2.75) is 33.2 Å². The topological polar surface area (TPSA) is 86.5 Å². The first-order valence-electron chi connectivity index (χ1n) is 9.09. The van der Waals surface area contributed by atoms with Crippen LogP contribution in [0, 0.1) is 5.41 Å². The molecule has 0 aliphatic carbocycles. The van der Waals surface area contributed by atoms with Gasteiger partial charge in [-0.3, -0.25) is 4.79 Å². The van der Waals surface area contributed by atoms with E-state index in [1.54, 1.807) is 0 Å². The Hall–Kier alpha value is -3.15. The van der Waals surface area contributed by atoms with Crippen LogP contribution in [0.3, 0.4) is 0 Å². The second kappa shape index (κ2) is 6.54. The van der Waals surface area contributed by atoms with Gasteiger partial charge in [-0.25, -0.2) is 9.97 Å². The van der Waals surface area contributed by atoms with Crippen LogP contribution in [0.25, 0.3) is 22.1 Å². The number of hydrogen-bond donors (Lipinski definition) is 3. The van der Waals surface area contributed by atoms with Crippen LogP contribution in [0.15, 0.2) is 48.5 Å². The summed E-state index contributed by atoms with van der Waals surface area (Å²) < 4.78 is 0. The number of para-hydroxylation sites is 4. The fourth-order valence-corrected chi connectivity index (χ4v) is 3.02. The number of carbonyl (C=O) groups is 1. The molecule has 0 bridgehead atoms. The summed E-state index contributed by atoms with van der Waals surface area (Å²) >= 11 is 0. The van der Waals surface area contributed by atoms with E-state index in [0.29, 0.717) is 6.42 Å². The summed E-state index contributed by atoms with van der Waals surface area (Å²) in [5, 5.41) is 3.13. The average Bonchev–Trinajstić information content (AvgIpc) is 3.23. The lowest BCUT2D eigenvalue weighted by molar-refractivity contribution is -0.129. The molecule has 0 radical (unpaired) electrons. The smallest absolute Gasteiger partial charge is 0.225 e. The number of H-pyrrole nitrogens is 2. The first-order chi connectivity index (χ1) is 12.9. The lowest BCUT2D eigenvalue weighted by Crippen LogP contribution is -2.38. The molecule has 0 aliphatic rings. The monoisotopic (exact) mass is 361 g/mol. The fraction of sp³-hybridized carbons (Fsp3) is 0.286. The predicted molar refractivity (Wildman–Crippen MR) is 106 cm³/mol. The van der Waals surface area contributed by atoms with Gasteiger partial charge in [-0.15, -0.1) is 0 Å². The van der Waals surface area contributed by atoms with Crippen molar-refractivity contribution < 1.29 is 4.79 Å². The van der Waals surface area contributed by atoms with Gasteiger partial charge in [-0.1, -0.05) is 45.0 Å². The van der Waals surface area contributed by atoms with Crippen molar-refractivity contribution in [1.29, 1.82) is 0 Å². The van der Waals surface area contributed by atoms with Crippen molar-refractivity contribution in [3.63, 3.8) is 0 Å². The number of benzene rings is 2. The normalized spacial score (nSPS) is 13.1. The number of rotatable bonds is 4. The highest BCUT2D eigenvalue weighted by atomic mass is 16.2. The summed E-state index contributed by atoms with van der Waals surface area (Å²) in [6.07, 6.45) is 0.524. The number of nitrogens with one attached hydrogen (secondary N) is 3. The highest BCUT2D eigenvalue weighted by Gasteiger charge is 2.27. The van der Waals surface area contributed by atoms with Crippen LogP contribution in [-0.4, -0.2) is 25.8 Å². The molecular weight excluding hydrogens is 338 g/mol. The molecular formula is C21H23N5O. The molecule has 0 spiro atoms. The lowest BCUT2D eigenvalue weighted by Gasteiger charge is -2.22. The lowest BCUT2D eigenvalue weighted by atomic mass is 9.95. The van der Waals surface area contributed by atoms with Crippen molar-refractivity contribution in [3.8, 4) is 0 Å². The molecule has 4 aromatic rings. The van der Waals surface area contributed by atoms with Crippen LogP contribution >= 0.6 is 0 Å². The third-order valence-electron chi connectivity index (χ3n) is 4.56. The highest BCUT2D eigenvalue weighted by Crippen LogP contribution is 2.23. The van der Waals surface area contributed by atoms with E-state index in [-0.39, 0.29) is 11.9 Å². The SMILES string of the molecule is CC(C)(C)C(=O)NC(Cc1nc2ccccc2[nH]1)c1nc2ccccc2[nH]1. The van der Waals surface area contributed by atoms with Gasteiger partial charge in [-0.05, 0) is 24.3 Å². The van der Waals surface area contributed by atoms with E-state index in [0.717, 1.165) is 33.7 Å². The van der Waals surface area contributed by atoms with Gasteiger partial charge in [0.1, 0.15) is 11.6 Å². The Bertz CT molecular complexity index is 1040. The summed E-state index contributed by atoms with van der Waals surface area (Å²) in [5.41, 5.74) is 3.24. The van der Waals surface area contributed by atoms with Crippen molar-refractivity contribution in [3.05, 3.63) is 60.2 Å². The molecule has 0 saturated carbocycles. The maximum atomic E-state index is 12.6. The highest BCUT2D eigenvalue weighted by molar-refractivity contribution is 5.82. The second-order valence-corrected chi connectivity index (χ2v) is 7.82. The molecule has 2 heterocycles. The minimum atomic E-state index is -0.488. The zero-order chi connectivity index (χ0) is 19.0. The zero-order valence-corrected chi connectivity index (χ0v) is 15.7. The van der Waals surface area contributed by atoms with Gasteiger partial charge in [0.05, 0.1) is 28.1 Å². The molecule has 138 valence electrons. The fourth-order valence-electron chi connectivity index (χ4n) is 3.02. The van der Waals surface area contributed by atoms with E-state index < -0.39 is 5.41 Å². The van der Waals surface area contributed by atoms with Crippen LogP contribution in [0.5, 0.6) is 0 Å². The van der Waals surface area contributed by atoms with E-state index in [1.165, 1.54) is 0 Å². The van der Waals surface area contributed by atoms with Gasteiger partial charge in [-0.2, -0.15) is 0 Å². The van der Waals surface area contributed by atoms with Crippen molar-refractivity contribution >= 4 is 28.0 Å². The number of aromatic amines is 2.